The van der Waals surface area contributed by atoms with Crippen LogP contribution in [0, 0.1) is 32.6 Å². The zero-order valence-electron chi connectivity index (χ0n) is 10.7. The van der Waals surface area contributed by atoms with Crippen LogP contribution in [0.15, 0.2) is 12.1 Å². The summed E-state index contributed by atoms with van der Waals surface area (Å²) in [5.41, 5.74) is 11.6. The summed E-state index contributed by atoms with van der Waals surface area (Å²) in [4.78, 5) is 0. The van der Waals surface area contributed by atoms with Crippen LogP contribution in [0.1, 0.15) is 35.1 Å². The smallest absolute Gasteiger partial charge is 0.00461 e. The summed E-state index contributed by atoms with van der Waals surface area (Å²) in [6.45, 7) is 7.53. The first-order chi connectivity index (χ1) is 7.61. The Balaban J connectivity index is 2.15. The van der Waals surface area contributed by atoms with Gasteiger partial charge in [-0.05, 0) is 75.1 Å². The molecule has 16 heavy (non-hydrogen) atoms. The Morgan fingerprint density at radius 3 is 2.06 bits per heavy atom. The number of rotatable bonds is 3. The molecule has 0 bridgehead atoms. The van der Waals surface area contributed by atoms with Crippen molar-refractivity contribution in [2.24, 2.45) is 17.6 Å². The highest BCUT2D eigenvalue weighted by Crippen LogP contribution is 2.37. The maximum absolute atomic E-state index is 5.78. The molecule has 2 unspecified atom stereocenters. The minimum atomic E-state index is 0.778. The van der Waals surface area contributed by atoms with Crippen molar-refractivity contribution >= 4 is 0 Å². The second kappa shape index (κ2) is 4.58. The van der Waals surface area contributed by atoms with Gasteiger partial charge in [0, 0.05) is 0 Å². The third-order valence-electron chi connectivity index (χ3n) is 4.18. The van der Waals surface area contributed by atoms with E-state index in [1.54, 1.807) is 5.56 Å². The SMILES string of the molecule is Cc1cc(C)c(CC2CCC2CN)c(C)c1. The van der Waals surface area contributed by atoms with E-state index in [0.29, 0.717) is 0 Å². The normalized spacial score (nSPS) is 24.2. The summed E-state index contributed by atoms with van der Waals surface area (Å²) >= 11 is 0. The summed E-state index contributed by atoms with van der Waals surface area (Å²) in [6.07, 6.45) is 3.94. The van der Waals surface area contributed by atoms with Crippen LogP contribution in [0.4, 0.5) is 0 Å². The Bertz CT molecular complexity index is 356. The Kier molecular flexibility index (Phi) is 3.34. The van der Waals surface area contributed by atoms with Gasteiger partial charge in [-0.3, -0.25) is 0 Å². The van der Waals surface area contributed by atoms with E-state index < -0.39 is 0 Å². The number of hydrogen-bond donors (Lipinski definition) is 1. The molecule has 2 atom stereocenters. The maximum atomic E-state index is 5.78. The molecule has 1 aromatic carbocycles. The van der Waals surface area contributed by atoms with Crippen molar-refractivity contribution in [3.63, 3.8) is 0 Å². The molecule has 0 saturated heterocycles. The summed E-state index contributed by atoms with van der Waals surface area (Å²) in [5.74, 6) is 1.62. The Labute approximate surface area is 99.0 Å². The van der Waals surface area contributed by atoms with E-state index in [9.17, 15) is 0 Å². The number of nitrogens with two attached hydrogens (primary N) is 1. The zero-order valence-corrected chi connectivity index (χ0v) is 10.7. The molecular weight excluding hydrogens is 194 g/mol. The van der Waals surface area contributed by atoms with E-state index in [-0.39, 0.29) is 0 Å². The molecule has 2 N–H and O–H groups in total. The van der Waals surface area contributed by atoms with Gasteiger partial charge in [0.2, 0.25) is 0 Å². The van der Waals surface area contributed by atoms with E-state index in [0.717, 1.165) is 18.4 Å². The minimum absolute atomic E-state index is 0.778. The number of benzene rings is 1. The average molecular weight is 217 g/mol. The van der Waals surface area contributed by atoms with Crippen LogP contribution in [0.3, 0.4) is 0 Å². The lowest BCUT2D eigenvalue weighted by Gasteiger charge is -2.36. The topological polar surface area (TPSA) is 26.0 Å². The Morgan fingerprint density at radius 2 is 1.62 bits per heavy atom. The van der Waals surface area contributed by atoms with Crippen molar-refractivity contribution in [3.05, 3.63) is 34.4 Å². The van der Waals surface area contributed by atoms with Crippen LogP contribution in [0.5, 0.6) is 0 Å². The highest BCUT2D eigenvalue weighted by molar-refractivity contribution is 5.37. The highest BCUT2D eigenvalue weighted by atomic mass is 14.6. The molecule has 1 heteroatoms. The second-order valence-corrected chi connectivity index (χ2v) is 5.41. The van der Waals surface area contributed by atoms with Crippen molar-refractivity contribution in [2.75, 3.05) is 6.54 Å². The monoisotopic (exact) mass is 217 g/mol. The van der Waals surface area contributed by atoms with E-state index in [1.807, 2.05) is 0 Å². The fourth-order valence-electron chi connectivity index (χ4n) is 3.01. The Hall–Kier alpha value is -0.820. The second-order valence-electron chi connectivity index (χ2n) is 5.41. The molecule has 0 aromatic heterocycles. The van der Waals surface area contributed by atoms with E-state index in [1.165, 1.54) is 36.0 Å². The van der Waals surface area contributed by atoms with E-state index >= 15 is 0 Å². The van der Waals surface area contributed by atoms with Crippen molar-refractivity contribution in [2.45, 2.75) is 40.0 Å². The zero-order chi connectivity index (χ0) is 11.7. The van der Waals surface area contributed by atoms with Gasteiger partial charge in [0.1, 0.15) is 0 Å². The first kappa shape index (κ1) is 11.7. The molecule has 1 nitrogen and oxygen atoms in total. The quantitative estimate of drug-likeness (QED) is 0.827. The first-order valence-electron chi connectivity index (χ1n) is 6.38. The van der Waals surface area contributed by atoms with Crippen molar-refractivity contribution < 1.29 is 0 Å². The molecule has 1 aliphatic rings. The van der Waals surface area contributed by atoms with Crippen LogP contribution < -0.4 is 5.73 Å². The van der Waals surface area contributed by atoms with Crippen LogP contribution >= 0.6 is 0 Å². The van der Waals surface area contributed by atoms with E-state index in [4.69, 9.17) is 5.73 Å². The summed E-state index contributed by atoms with van der Waals surface area (Å²) in [7, 11) is 0. The van der Waals surface area contributed by atoms with Gasteiger partial charge >= 0.3 is 0 Å². The molecule has 0 aliphatic heterocycles. The van der Waals surface area contributed by atoms with Gasteiger partial charge in [-0.2, -0.15) is 0 Å². The van der Waals surface area contributed by atoms with Crippen LogP contribution in [0.25, 0.3) is 0 Å². The average Bonchev–Trinajstić information content (AvgIpc) is 2.15. The largest absolute Gasteiger partial charge is 0.330 e. The lowest BCUT2D eigenvalue weighted by molar-refractivity contribution is 0.182. The third kappa shape index (κ3) is 2.15. The molecule has 2 rings (SSSR count). The molecule has 0 spiro atoms. The molecule has 1 saturated carbocycles. The fourth-order valence-corrected chi connectivity index (χ4v) is 3.01. The third-order valence-corrected chi connectivity index (χ3v) is 4.18. The van der Waals surface area contributed by atoms with Crippen LogP contribution in [0.2, 0.25) is 0 Å². The van der Waals surface area contributed by atoms with Gasteiger partial charge in [-0.1, -0.05) is 17.7 Å². The van der Waals surface area contributed by atoms with Crippen LogP contribution in [-0.4, -0.2) is 6.54 Å². The van der Waals surface area contributed by atoms with Gasteiger partial charge < -0.3 is 5.73 Å². The molecule has 0 heterocycles. The minimum Gasteiger partial charge on any atom is -0.330 e. The van der Waals surface area contributed by atoms with Gasteiger partial charge in [-0.25, -0.2) is 0 Å². The molecule has 1 aromatic rings. The Morgan fingerprint density at radius 1 is 1.06 bits per heavy atom. The standard InChI is InChI=1S/C15H23N/c1-10-6-11(2)15(12(3)7-10)8-13-4-5-14(13)9-16/h6-7,13-14H,4-5,8-9,16H2,1-3H3. The molecule has 88 valence electrons. The summed E-state index contributed by atoms with van der Waals surface area (Å²) < 4.78 is 0. The molecular formula is C15H23N. The predicted molar refractivity (Wildman–Crippen MR) is 69.6 cm³/mol. The lowest BCUT2D eigenvalue weighted by atomic mass is 9.70. The van der Waals surface area contributed by atoms with Crippen LogP contribution in [-0.2, 0) is 6.42 Å². The lowest BCUT2D eigenvalue weighted by Crippen LogP contribution is -2.34. The van der Waals surface area contributed by atoms with Gasteiger partial charge in [0.25, 0.3) is 0 Å². The first-order valence-corrected chi connectivity index (χ1v) is 6.38. The summed E-state index contributed by atoms with van der Waals surface area (Å²) in [5, 5.41) is 0. The maximum Gasteiger partial charge on any atom is -0.00461 e. The number of aryl methyl sites for hydroxylation is 3. The van der Waals surface area contributed by atoms with Crippen molar-refractivity contribution in [3.8, 4) is 0 Å². The number of hydrogen-bond acceptors (Lipinski definition) is 1. The molecule has 0 amide bonds. The molecule has 1 aliphatic carbocycles. The van der Waals surface area contributed by atoms with Crippen molar-refractivity contribution in [1.29, 1.82) is 0 Å². The molecule has 0 radical (unpaired) electrons. The predicted octanol–water partition coefficient (Wildman–Crippen LogP) is 3.14. The fraction of sp³-hybridized carbons (Fsp3) is 0.600. The van der Waals surface area contributed by atoms with Gasteiger partial charge in [0.15, 0.2) is 0 Å². The van der Waals surface area contributed by atoms with Crippen molar-refractivity contribution in [1.82, 2.24) is 0 Å². The van der Waals surface area contributed by atoms with Gasteiger partial charge in [0.05, 0.1) is 0 Å². The van der Waals surface area contributed by atoms with E-state index in [2.05, 4.69) is 32.9 Å². The highest BCUT2D eigenvalue weighted by Gasteiger charge is 2.30. The van der Waals surface area contributed by atoms with Gasteiger partial charge in [-0.15, -0.1) is 0 Å². The summed E-state index contributed by atoms with van der Waals surface area (Å²) in [6, 6.07) is 4.61. The molecule has 1 fully saturated rings.